The normalized spacial score (nSPS) is 12.0. The van der Waals surface area contributed by atoms with Crippen molar-refractivity contribution in [2.75, 3.05) is 41.4 Å². The van der Waals surface area contributed by atoms with Crippen LogP contribution in [0.3, 0.4) is 0 Å². The molecule has 4 rings (SSSR count). The number of fused-ring (bicyclic) bond motifs is 1. The van der Waals surface area contributed by atoms with E-state index in [9.17, 15) is 9.59 Å². The van der Waals surface area contributed by atoms with Gasteiger partial charge in [-0.15, -0.1) is 11.3 Å². The van der Waals surface area contributed by atoms with Gasteiger partial charge in [-0.1, -0.05) is 11.6 Å². The van der Waals surface area contributed by atoms with Crippen LogP contribution in [-0.2, 0) is 0 Å². The van der Waals surface area contributed by atoms with Crippen molar-refractivity contribution in [1.29, 1.82) is 0 Å². The summed E-state index contributed by atoms with van der Waals surface area (Å²) < 4.78 is 18.8. The fraction of sp³-hybridized carbons (Fsp3) is 0.296. The van der Waals surface area contributed by atoms with Crippen LogP contribution in [0.2, 0.25) is 5.02 Å². The molecule has 0 spiro atoms. The molecule has 12 heteroatoms. The minimum atomic E-state index is -0.628. The maximum atomic E-state index is 12.6. The van der Waals surface area contributed by atoms with E-state index in [1.807, 2.05) is 29.6 Å². The van der Waals surface area contributed by atoms with E-state index < -0.39 is 12.0 Å². The summed E-state index contributed by atoms with van der Waals surface area (Å²) in [5.74, 6) is 0.564. The summed E-state index contributed by atoms with van der Waals surface area (Å²) in [6.45, 7) is 3.02. The SMILES string of the molecule is COc1cc2ncn(-c3cc(O[C@H](C)c4cc(C(=O)NCCN(C)C)ccc4Cl)c(C(N)=O)s3)c2cc1OC. The predicted octanol–water partition coefficient (Wildman–Crippen LogP) is 4.29. The number of rotatable bonds is 11. The zero-order valence-corrected chi connectivity index (χ0v) is 23.9. The van der Waals surface area contributed by atoms with Crippen LogP contribution in [0.5, 0.6) is 17.2 Å². The van der Waals surface area contributed by atoms with Gasteiger partial charge in [0.05, 0.1) is 25.3 Å². The third-order valence-corrected chi connectivity index (χ3v) is 7.52. The molecule has 1 atom stereocenters. The zero-order valence-electron chi connectivity index (χ0n) is 22.3. The van der Waals surface area contributed by atoms with Crippen molar-refractivity contribution in [3.05, 3.63) is 63.8 Å². The zero-order chi connectivity index (χ0) is 28.3. The molecule has 0 unspecified atom stereocenters. The molecule has 2 heterocycles. The molecular formula is C27H30ClN5O5S. The summed E-state index contributed by atoms with van der Waals surface area (Å²) in [4.78, 5) is 31.7. The fourth-order valence-electron chi connectivity index (χ4n) is 4.00. The van der Waals surface area contributed by atoms with Crippen molar-refractivity contribution in [3.63, 3.8) is 0 Å². The van der Waals surface area contributed by atoms with Gasteiger partial charge in [-0.2, -0.15) is 0 Å². The maximum absolute atomic E-state index is 12.6. The third-order valence-electron chi connectivity index (χ3n) is 6.04. The fourth-order valence-corrected chi connectivity index (χ4v) is 5.20. The number of carbonyl (C=O) groups excluding carboxylic acids is 2. The Bertz CT molecular complexity index is 1520. The van der Waals surface area contributed by atoms with Gasteiger partial charge in [-0.3, -0.25) is 14.2 Å². The van der Waals surface area contributed by atoms with Crippen LogP contribution in [0.15, 0.2) is 42.7 Å². The molecular weight excluding hydrogens is 542 g/mol. The Morgan fingerprint density at radius 3 is 2.51 bits per heavy atom. The van der Waals surface area contributed by atoms with Crippen molar-refractivity contribution in [2.45, 2.75) is 13.0 Å². The molecule has 2 amide bonds. The number of methoxy groups -OCH3 is 2. The molecule has 2 aromatic carbocycles. The number of nitrogens with zero attached hydrogens (tertiary/aromatic N) is 3. The molecule has 0 aliphatic rings. The van der Waals surface area contributed by atoms with E-state index in [2.05, 4.69) is 10.3 Å². The number of imidazole rings is 1. The second-order valence-corrected chi connectivity index (χ2v) is 10.4. The van der Waals surface area contributed by atoms with Gasteiger partial charge in [0.1, 0.15) is 28.1 Å². The van der Waals surface area contributed by atoms with Crippen LogP contribution in [0.25, 0.3) is 16.0 Å². The van der Waals surface area contributed by atoms with E-state index in [4.69, 9.17) is 31.5 Å². The predicted molar refractivity (Wildman–Crippen MR) is 152 cm³/mol. The van der Waals surface area contributed by atoms with Gasteiger partial charge >= 0.3 is 0 Å². The Labute approximate surface area is 235 Å². The number of aromatic nitrogens is 2. The summed E-state index contributed by atoms with van der Waals surface area (Å²) in [6.07, 6.45) is 1.05. The summed E-state index contributed by atoms with van der Waals surface area (Å²) >= 11 is 7.65. The van der Waals surface area contributed by atoms with Crippen LogP contribution in [-0.4, -0.2) is 67.7 Å². The standard InChI is InChI=1S/C27H30ClN5O5S/c1-15(17-10-16(6-7-18(17)28)27(35)30-8-9-32(2)3)38-23-13-24(39-25(23)26(29)34)33-14-31-19-11-21(36-4)22(37-5)12-20(19)33/h6-7,10-15H,8-9H2,1-5H3,(H2,29,34)(H,30,35)/t15-/m1/s1. The van der Waals surface area contributed by atoms with Crippen molar-refractivity contribution < 1.29 is 23.8 Å². The number of benzene rings is 2. The molecule has 0 radical (unpaired) electrons. The average molecular weight is 572 g/mol. The number of nitrogens with one attached hydrogen (secondary N) is 1. The molecule has 2 aromatic heterocycles. The number of likely N-dealkylation sites (N-methyl/N-ethyl adjacent to an activating group) is 1. The van der Waals surface area contributed by atoms with E-state index in [0.29, 0.717) is 57.0 Å². The van der Waals surface area contributed by atoms with Crippen LogP contribution >= 0.6 is 22.9 Å². The first-order chi connectivity index (χ1) is 18.6. The molecule has 0 aliphatic heterocycles. The lowest BCUT2D eigenvalue weighted by Crippen LogP contribution is -2.31. The third kappa shape index (κ3) is 6.11. The Morgan fingerprint density at radius 2 is 1.85 bits per heavy atom. The van der Waals surface area contributed by atoms with Gasteiger partial charge in [0.2, 0.25) is 0 Å². The number of thiophene rings is 1. The first-order valence-electron chi connectivity index (χ1n) is 12.0. The molecule has 39 heavy (non-hydrogen) atoms. The molecule has 4 aromatic rings. The molecule has 3 N–H and O–H groups in total. The largest absolute Gasteiger partial charge is 0.493 e. The van der Waals surface area contributed by atoms with E-state index in [0.717, 1.165) is 5.52 Å². The topological polar surface area (TPSA) is 121 Å². The lowest BCUT2D eigenvalue weighted by Gasteiger charge is -2.17. The summed E-state index contributed by atoms with van der Waals surface area (Å²) in [5.41, 5.74) is 8.20. The number of ether oxygens (including phenoxy) is 3. The summed E-state index contributed by atoms with van der Waals surface area (Å²) in [6, 6.07) is 10.3. The quantitative estimate of drug-likeness (QED) is 0.275. The second-order valence-electron chi connectivity index (χ2n) is 9.01. The van der Waals surface area contributed by atoms with Gasteiger partial charge in [-0.05, 0) is 39.2 Å². The first kappa shape index (κ1) is 28.2. The number of nitrogens with two attached hydrogens (primary N) is 1. The molecule has 10 nitrogen and oxygen atoms in total. The Kier molecular flexibility index (Phi) is 8.63. The summed E-state index contributed by atoms with van der Waals surface area (Å²) in [5, 5.41) is 3.99. The first-order valence-corrected chi connectivity index (χ1v) is 13.2. The van der Waals surface area contributed by atoms with Crippen molar-refractivity contribution in [1.82, 2.24) is 19.8 Å². The number of hydrogen-bond donors (Lipinski definition) is 2. The van der Waals surface area contributed by atoms with Gasteiger partial charge in [0.15, 0.2) is 11.5 Å². The van der Waals surface area contributed by atoms with Crippen molar-refractivity contribution in [2.24, 2.45) is 5.73 Å². The van der Waals surface area contributed by atoms with E-state index in [-0.39, 0.29) is 10.8 Å². The lowest BCUT2D eigenvalue weighted by molar-refractivity contribution is 0.0949. The monoisotopic (exact) mass is 571 g/mol. The molecule has 0 fully saturated rings. The number of primary amides is 1. The van der Waals surface area contributed by atoms with Crippen LogP contribution in [0.1, 0.15) is 38.6 Å². The smallest absolute Gasteiger partial charge is 0.262 e. The molecule has 0 bridgehead atoms. The van der Waals surface area contributed by atoms with Gasteiger partial charge < -0.3 is 30.2 Å². The number of hydrogen-bond acceptors (Lipinski definition) is 8. The lowest BCUT2D eigenvalue weighted by atomic mass is 10.1. The molecule has 206 valence electrons. The van der Waals surface area contributed by atoms with Gasteiger partial charge in [0.25, 0.3) is 11.8 Å². The van der Waals surface area contributed by atoms with E-state index in [1.165, 1.54) is 11.3 Å². The number of carbonyl (C=O) groups is 2. The Balaban J connectivity index is 1.63. The van der Waals surface area contributed by atoms with E-state index in [1.54, 1.807) is 57.8 Å². The van der Waals surface area contributed by atoms with Crippen LogP contribution < -0.4 is 25.3 Å². The van der Waals surface area contributed by atoms with E-state index >= 15 is 0 Å². The highest BCUT2D eigenvalue weighted by molar-refractivity contribution is 7.16. The Morgan fingerprint density at radius 1 is 1.13 bits per heavy atom. The highest BCUT2D eigenvalue weighted by Gasteiger charge is 2.22. The van der Waals surface area contributed by atoms with Crippen molar-refractivity contribution >= 4 is 45.8 Å². The maximum Gasteiger partial charge on any atom is 0.262 e. The average Bonchev–Trinajstić information content (AvgIpc) is 3.51. The molecule has 0 saturated heterocycles. The number of amides is 2. The highest BCUT2D eigenvalue weighted by atomic mass is 35.5. The minimum Gasteiger partial charge on any atom is -0.493 e. The van der Waals surface area contributed by atoms with Crippen molar-refractivity contribution in [3.8, 4) is 22.2 Å². The summed E-state index contributed by atoms with van der Waals surface area (Å²) in [7, 11) is 6.99. The second kappa shape index (κ2) is 11.9. The van der Waals surface area contributed by atoms with Gasteiger partial charge in [0, 0.05) is 47.4 Å². The molecule has 0 saturated carbocycles. The highest BCUT2D eigenvalue weighted by Crippen LogP contribution is 2.39. The Hall–Kier alpha value is -3.80. The van der Waals surface area contributed by atoms with Crippen LogP contribution in [0, 0.1) is 0 Å². The number of halogens is 1. The van der Waals surface area contributed by atoms with Gasteiger partial charge in [-0.25, -0.2) is 4.98 Å². The molecule has 0 aliphatic carbocycles. The minimum absolute atomic E-state index is 0.211. The van der Waals surface area contributed by atoms with Crippen LogP contribution in [0.4, 0.5) is 0 Å².